The molecular weight excluding hydrogens is 202 g/mol. The van der Waals surface area contributed by atoms with Crippen LogP contribution in [0.2, 0.25) is 0 Å². The third-order valence-electron chi connectivity index (χ3n) is 2.64. The fourth-order valence-corrected chi connectivity index (χ4v) is 1.68. The molecule has 1 rings (SSSR count). The van der Waals surface area contributed by atoms with E-state index in [-0.39, 0.29) is 24.8 Å². The molecule has 1 aromatic carbocycles. The molecule has 0 aromatic heterocycles. The van der Waals surface area contributed by atoms with Crippen molar-refractivity contribution in [1.82, 2.24) is 5.32 Å². The highest BCUT2D eigenvalue weighted by molar-refractivity contribution is 5.25. The summed E-state index contributed by atoms with van der Waals surface area (Å²) in [6.45, 7) is 6.12. The van der Waals surface area contributed by atoms with Crippen LogP contribution < -0.4 is 5.32 Å². The highest BCUT2D eigenvalue weighted by Gasteiger charge is 2.19. The maximum atomic E-state index is 9.19. The van der Waals surface area contributed by atoms with Crippen molar-refractivity contribution >= 4 is 0 Å². The molecule has 1 atom stereocenters. The summed E-state index contributed by atoms with van der Waals surface area (Å²) in [6, 6.07) is 7.97. The smallest absolute Gasteiger partial charge is 0.0681 e. The van der Waals surface area contributed by atoms with E-state index < -0.39 is 0 Å². The van der Waals surface area contributed by atoms with E-state index >= 15 is 0 Å². The molecule has 0 saturated heterocycles. The van der Waals surface area contributed by atoms with Crippen molar-refractivity contribution < 1.29 is 10.2 Å². The molecule has 90 valence electrons. The zero-order valence-electron chi connectivity index (χ0n) is 10.2. The highest BCUT2D eigenvalue weighted by Crippen LogP contribution is 2.17. The number of rotatable bonds is 5. The van der Waals surface area contributed by atoms with Gasteiger partial charge in [-0.3, -0.25) is 0 Å². The summed E-state index contributed by atoms with van der Waals surface area (Å²) in [6.07, 6.45) is 0. The first-order valence-electron chi connectivity index (χ1n) is 5.57. The average molecular weight is 223 g/mol. The van der Waals surface area contributed by atoms with Gasteiger partial charge in [-0.15, -0.1) is 0 Å². The Labute approximate surface area is 97.1 Å². The maximum absolute atomic E-state index is 9.19. The molecule has 0 radical (unpaired) electrons. The van der Waals surface area contributed by atoms with Crippen molar-refractivity contribution in [2.24, 2.45) is 0 Å². The Balaban J connectivity index is 2.76. The average Bonchev–Trinajstić information content (AvgIpc) is 2.28. The summed E-state index contributed by atoms with van der Waals surface area (Å²) in [5, 5.41) is 21.6. The van der Waals surface area contributed by atoms with Crippen molar-refractivity contribution in [3.05, 3.63) is 35.4 Å². The van der Waals surface area contributed by atoms with Crippen molar-refractivity contribution in [3.63, 3.8) is 0 Å². The summed E-state index contributed by atoms with van der Waals surface area (Å²) in [5.41, 5.74) is 1.73. The van der Waals surface area contributed by atoms with Crippen LogP contribution in [-0.4, -0.2) is 22.4 Å². The summed E-state index contributed by atoms with van der Waals surface area (Å²) in [5.74, 6) is 0. The van der Waals surface area contributed by atoms with Crippen LogP contribution in [-0.2, 0) is 6.61 Å². The molecule has 0 bridgehead atoms. The van der Waals surface area contributed by atoms with Crippen LogP contribution in [0.3, 0.4) is 0 Å². The second-order valence-corrected chi connectivity index (χ2v) is 4.81. The third-order valence-corrected chi connectivity index (χ3v) is 2.64. The van der Waals surface area contributed by atoms with Gasteiger partial charge in [-0.25, -0.2) is 0 Å². The van der Waals surface area contributed by atoms with Crippen molar-refractivity contribution in [2.45, 2.75) is 39.0 Å². The normalized spacial score (nSPS) is 13.8. The topological polar surface area (TPSA) is 52.5 Å². The second-order valence-electron chi connectivity index (χ2n) is 4.81. The van der Waals surface area contributed by atoms with Crippen LogP contribution in [0.15, 0.2) is 24.3 Å². The Morgan fingerprint density at radius 3 is 2.56 bits per heavy atom. The zero-order valence-corrected chi connectivity index (χ0v) is 10.2. The largest absolute Gasteiger partial charge is 0.394 e. The molecular formula is C13H21NO2. The van der Waals surface area contributed by atoms with Crippen molar-refractivity contribution in [3.8, 4) is 0 Å². The summed E-state index contributed by atoms with van der Waals surface area (Å²) < 4.78 is 0. The van der Waals surface area contributed by atoms with E-state index in [0.717, 1.165) is 11.1 Å². The zero-order chi connectivity index (χ0) is 12.2. The lowest BCUT2D eigenvalue weighted by Crippen LogP contribution is -2.43. The lowest BCUT2D eigenvalue weighted by Gasteiger charge is -2.28. The lowest BCUT2D eigenvalue weighted by atomic mass is 10.0. The summed E-state index contributed by atoms with van der Waals surface area (Å²) in [7, 11) is 0. The van der Waals surface area contributed by atoms with Gasteiger partial charge in [-0.1, -0.05) is 24.3 Å². The maximum Gasteiger partial charge on any atom is 0.0681 e. The number of hydrogen-bond acceptors (Lipinski definition) is 3. The monoisotopic (exact) mass is 223 g/mol. The highest BCUT2D eigenvalue weighted by atomic mass is 16.3. The van der Waals surface area contributed by atoms with E-state index in [0.29, 0.717) is 0 Å². The van der Waals surface area contributed by atoms with Crippen molar-refractivity contribution in [2.75, 3.05) is 6.61 Å². The molecule has 1 unspecified atom stereocenters. The van der Waals surface area contributed by atoms with E-state index in [9.17, 15) is 5.11 Å². The van der Waals surface area contributed by atoms with Crippen LogP contribution in [0, 0.1) is 0 Å². The molecule has 0 fully saturated rings. The van der Waals surface area contributed by atoms with Crippen LogP contribution in [0.4, 0.5) is 0 Å². The van der Waals surface area contributed by atoms with Crippen molar-refractivity contribution in [1.29, 1.82) is 0 Å². The molecule has 3 N–H and O–H groups in total. The van der Waals surface area contributed by atoms with E-state index in [1.807, 2.05) is 45.0 Å². The molecule has 0 amide bonds. The van der Waals surface area contributed by atoms with E-state index in [1.54, 1.807) is 0 Å². The molecule has 0 aliphatic heterocycles. The van der Waals surface area contributed by atoms with Gasteiger partial charge in [0.15, 0.2) is 0 Å². The number of benzene rings is 1. The number of aliphatic hydroxyl groups excluding tert-OH is 2. The molecule has 3 heteroatoms. The summed E-state index contributed by atoms with van der Waals surface area (Å²) >= 11 is 0. The standard InChI is InChI=1S/C13H21NO2/c1-10(14-13(2,3)9-16)12-6-4-5-11(7-12)8-15/h4-7,10,14-16H,8-9H2,1-3H3. The molecule has 0 saturated carbocycles. The third kappa shape index (κ3) is 3.59. The molecule has 0 heterocycles. The molecule has 0 aliphatic rings. The Morgan fingerprint density at radius 2 is 2.00 bits per heavy atom. The van der Waals surface area contributed by atoms with E-state index in [1.165, 1.54) is 0 Å². The quantitative estimate of drug-likeness (QED) is 0.710. The Kier molecular flexibility index (Phi) is 4.47. The number of hydrogen-bond donors (Lipinski definition) is 3. The predicted octanol–water partition coefficient (Wildman–Crippen LogP) is 1.60. The first-order chi connectivity index (χ1) is 7.48. The number of aliphatic hydroxyl groups is 2. The van der Waals surface area contributed by atoms with Gasteiger partial charge in [0, 0.05) is 11.6 Å². The van der Waals surface area contributed by atoms with Gasteiger partial charge in [-0.2, -0.15) is 0 Å². The van der Waals surface area contributed by atoms with Crippen LogP contribution in [0.5, 0.6) is 0 Å². The Hall–Kier alpha value is -0.900. The fraction of sp³-hybridized carbons (Fsp3) is 0.538. The fourth-order valence-electron chi connectivity index (χ4n) is 1.68. The number of nitrogens with one attached hydrogen (secondary N) is 1. The van der Waals surface area contributed by atoms with Gasteiger partial charge in [0.2, 0.25) is 0 Å². The Bertz CT molecular complexity index is 336. The van der Waals surface area contributed by atoms with E-state index in [4.69, 9.17) is 5.11 Å². The van der Waals surface area contributed by atoms with Gasteiger partial charge in [-0.05, 0) is 31.9 Å². The molecule has 0 spiro atoms. The lowest BCUT2D eigenvalue weighted by molar-refractivity contribution is 0.178. The molecule has 1 aromatic rings. The van der Waals surface area contributed by atoms with Gasteiger partial charge in [0.25, 0.3) is 0 Å². The minimum atomic E-state index is -0.297. The first kappa shape index (κ1) is 13.2. The van der Waals surface area contributed by atoms with E-state index in [2.05, 4.69) is 5.32 Å². The Morgan fingerprint density at radius 1 is 1.31 bits per heavy atom. The summed E-state index contributed by atoms with van der Waals surface area (Å²) in [4.78, 5) is 0. The van der Waals surface area contributed by atoms with Gasteiger partial charge < -0.3 is 15.5 Å². The van der Waals surface area contributed by atoms with Gasteiger partial charge in [0.1, 0.15) is 0 Å². The van der Waals surface area contributed by atoms with Crippen LogP contribution in [0.1, 0.15) is 37.9 Å². The van der Waals surface area contributed by atoms with Crippen LogP contribution in [0.25, 0.3) is 0 Å². The predicted molar refractivity (Wildman–Crippen MR) is 65.1 cm³/mol. The minimum Gasteiger partial charge on any atom is -0.394 e. The minimum absolute atomic E-state index is 0.0595. The van der Waals surface area contributed by atoms with Crippen LogP contribution >= 0.6 is 0 Å². The SMILES string of the molecule is CC(NC(C)(C)CO)c1cccc(CO)c1. The van der Waals surface area contributed by atoms with Gasteiger partial charge >= 0.3 is 0 Å². The molecule has 3 nitrogen and oxygen atoms in total. The molecule has 0 aliphatic carbocycles. The van der Waals surface area contributed by atoms with Gasteiger partial charge in [0.05, 0.1) is 13.2 Å². The first-order valence-corrected chi connectivity index (χ1v) is 5.57. The second kappa shape index (κ2) is 5.43. The molecule has 16 heavy (non-hydrogen) atoms.